The van der Waals surface area contributed by atoms with Gasteiger partial charge in [-0.2, -0.15) is 0 Å². The van der Waals surface area contributed by atoms with Gasteiger partial charge in [-0.25, -0.2) is 4.98 Å². The van der Waals surface area contributed by atoms with Gasteiger partial charge in [0, 0.05) is 39.0 Å². The summed E-state index contributed by atoms with van der Waals surface area (Å²) in [6, 6.07) is 35.8. The third-order valence-corrected chi connectivity index (χ3v) is 8.83. The van der Waals surface area contributed by atoms with E-state index >= 15 is 0 Å². The molecular weight excluding hydrogens is 665 g/mol. The Kier molecular flexibility index (Phi) is 10.8. The zero-order chi connectivity index (χ0) is 35.7. The molecule has 0 aliphatic heterocycles. The van der Waals surface area contributed by atoms with E-state index in [0.717, 1.165) is 16.0 Å². The number of hydrogen-bond donors (Lipinski definition) is 3. The number of nitrogens with zero attached hydrogens (tertiary/aromatic N) is 1. The lowest BCUT2D eigenvalue weighted by atomic mass is 10.1. The number of para-hydroxylation sites is 2. The molecule has 10 nitrogen and oxygen atoms in total. The molecule has 1 aromatic heterocycles. The number of methoxy groups -OCH3 is 2. The van der Waals surface area contributed by atoms with Crippen LogP contribution in [0.25, 0.3) is 28.6 Å². The molecule has 1 heterocycles. The lowest BCUT2D eigenvalue weighted by Crippen LogP contribution is -2.30. The van der Waals surface area contributed by atoms with Crippen LogP contribution in [0, 0.1) is 0 Å². The number of amides is 3. The van der Waals surface area contributed by atoms with Crippen LogP contribution in [0.3, 0.4) is 0 Å². The van der Waals surface area contributed by atoms with Gasteiger partial charge in [0.2, 0.25) is 11.8 Å². The zero-order valence-corrected chi connectivity index (χ0v) is 28.8. The van der Waals surface area contributed by atoms with Crippen LogP contribution in [-0.4, -0.2) is 42.2 Å². The number of aromatic nitrogens is 1. The zero-order valence-electron chi connectivity index (χ0n) is 28.0. The highest BCUT2D eigenvalue weighted by Gasteiger charge is 2.19. The number of carbonyl (C=O) groups excluding carboxylic acids is 3. The van der Waals surface area contributed by atoms with Crippen LogP contribution < -0.4 is 25.4 Å². The van der Waals surface area contributed by atoms with Crippen LogP contribution in [0.15, 0.2) is 136 Å². The monoisotopic (exact) mass is 698 g/mol. The predicted molar refractivity (Wildman–Crippen MR) is 200 cm³/mol. The second-order valence-corrected chi connectivity index (χ2v) is 12.7. The number of hydrogen-bond acceptors (Lipinski definition) is 8. The largest absolute Gasteiger partial charge is 0.497 e. The van der Waals surface area contributed by atoms with Crippen LogP contribution in [-0.2, 0) is 9.59 Å². The van der Waals surface area contributed by atoms with Crippen LogP contribution in [0.1, 0.15) is 22.8 Å². The minimum absolute atomic E-state index is 0.000226. The van der Waals surface area contributed by atoms with Gasteiger partial charge in [0.1, 0.15) is 22.7 Å². The van der Waals surface area contributed by atoms with Crippen molar-refractivity contribution in [3.05, 3.63) is 138 Å². The molecule has 5 aromatic carbocycles. The highest BCUT2D eigenvalue weighted by molar-refractivity contribution is 8.00. The van der Waals surface area contributed by atoms with Crippen LogP contribution in [0.5, 0.6) is 11.5 Å². The van der Waals surface area contributed by atoms with Gasteiger partial charge in [-0.15, -0.1) is 11.8 Å². The molecule has 3 N–H and O–H groups in total. The molecule has 51 heavy (non-hydrogen) atoms. The fraction of sp³-hybridized carbons (Fsp3) is 0.100. The SMILES string of the molecule is COc1ccc(/C=C(/NC(=O)c2ccccc2)C(=O)Nc2cccc(SC(C)C(=O)Nc3ccc(-c4nc5ccccc5o4)cc3)c2)c(OC)c1. The first kappa shape index (κ1) is 34.5. The smallest absolute Gasteiger partial charge is 0.272 e. The van der Waals surface area contributed by atoms with Gasteiger partial charge in [-0.05, 0) is 91.9 Å². The molecule has 0 spiro atoms. The van der Waals surface area contributed by atoms with Crippen molar-refractivity contribution in [1.82, 2.24) is 10.3 Å². The maximum absolute atomic E-state index is 13.7. The normalized spacial score (nSPS) is 11.8. The molecule has 0 aliphatic rings. The van der Waals surface area contributed by atoms with E-state index < -0.39 is 17.1 Å². The van der Waals surface area contributed by atoms with Gasteiger partial charge in [-0.3, -0.25) is 14.4 Å². The number of fused-ring (bicyclic) bond motifs is 1. The Morgan fingerprint density at radius 1 is 0.784 bits per heavy atom. The Hall–Kier alpha value is -6.33. The van der Waals surface area contributed by atoms with Gasteiger partial charge in [0.05, 0.1) is 19.5 Å². The molecule has 1 atom stereocenters. The summed E-state index contributed by atoms with van der Waals surface area (Å²) < 4.78 is 16.7. The molecule has 11 heteroatoms. The van der Waals surface area contributed by atoms with Crippen LogP contribution in [0.4, 0.5) is 11.4 Å². The van der Waals surface area contributed by atoms with E-state index in [2.05, 4.69) is 20.9 Å². The maximum atomic E-state index is 13.7. The van der Waals surface area contributed by atoms with E-state index in [9.17, 15) is 14.4 Å². The third-order valence-electron chi connectivity index (χ3n) is 7.74. The standard InChI is InChI=1S/C40H34N4O6S/c1-25(37(45)41-29-19-16-27(17-20-29)40-44-33-14-7-8-15-35(33)50-40)51-32-13-9-12-30(23-32)42-39(47)34(43-38(46)26-10-5-4-6-11-26)22-28-18-21-31(48-2)24-36(28)49-3/h4-25H,1-3H3,(H,41,45)(H,42,47)(H,43,46)/b34-22+. The Morgan fingerprint density at radius 3 is 2.29 bits per heavy atom. The van der Waals surface area contributed by atoms with Crippen molar-refractivity contribution in [3.63, 3.8) is 0 Å². The van der Waals surface area contributed by atoms with Crippen LogP contribution >= 0.6 is 11.8 Å². The maximum Gasteiger partial charge on any atom is 0.272 e. The molecule has 6 rings (SSSR count). The first-order valence-corrected chi connectivity index (χ1v) is 16.8. The topological polar surface area (TPSA) is 132 Å². The van der Waals surface area contributed by atoms with E-state index in [0.29, 0.717) is 45.5 Å². The molecule has 0 aliphatic carbocycles. The van der Waals surface area contributed by atoms with Crippen molar-refractivity contribution in [2.75, 3.05) is 24.9 Å². The summed E-state index contributed by atoms with van der Waals surface area (Å²) in [5.74, 6) is 0.354. The molecule has 0 saturated heterocycles. The minimum Gasteiger partial charge on any atom is -0.497 e. The van der Waals surface area contributed by atoms with Crippen LogP contribution in [0.2, 0.25) is 0 Å². The summed E-state index contributed by atoms with van der Waals surface area (Å²) in [5, 5.41) is 8.11. The summed E-state index contributed by atoms with van der Waals surface area (Å²) in [4.78, 5) is 45.2. The summed E-state index contributed by atoms with van der Waals surface area (Å²) in [7, 11) is 3.06. The molecule has 0 fully saturated rings. The number of oxazole rings is 1. The van der Waals surface area contributed by atoms with Crippen molar-refractivity contribution in [1.29, 1.82) is 0 Å². The van der Waals surface area contributed by atoms with E-state index in [-0.39, 0.29) is 11.6 Å². The second kappa shape index (κ2) is 15.9. The van der Waals surface area contributed by atoms with Crippen molar-refractivity contribution in [2.45, 2.75) is 17.1 Å². The Bertz CT molecular complexity index is 2180. The molecule has 0 radical (unpaired) electrons. The predicted octanol–water partition coefficient (Wildman–Crippen LogP) is 8.04. The summed E-state index contributed by atoms with van der Waals surface area (Å²) in [6.45, 7) is 1.81. The fourth-order valence-electron chi connectivity index (χ4n) is 5.07. The van der Waals surface area contributed by atoms with Crippen molar-refractivity contribution in [3.8, 4) is 23.0 Å². The molecule has 1 unspecified atom stereocenters. The van der Waals surface area contributed by atoms with Gasteiger partial charge >= 0.3 is 0 Å². The van der Waals surface area contributed by atoms with Gasteiger partial charge in [0.15, 0.2) is 5.58 Å². The summed E-state index contributed by atoms with van der Waals surface area (Å²) in [6.07, 6.45) is 1.54. The molecule has 256 valence electrons. The highest BCUT2D eigenvalue weighted by atomic mass is 32.2. The minimum atomic E-state index is -0.550. The van der Waals surface area contributed by atoms with Crippen molar-refractivity contribution < 1.29 is 28.3 Å². The van der Waals surface area contributed by atoms with Gasteiger partial charge < -0.3 is 29.8 Å². The Morgan fingerprint density at radius 2 is 1.55 bits per heavy atom. The Labute approximate surface area is 298 Å². The third kappa shape index (κ3) is 8.64. The lowest BCUT2D eigenvalue weighted by Gasteiger charge is -2.15. The van der Waals surface area contributed by atoms with E-state index in [1.54, 1.807) is 99.0 Å². The number of benzene rings is 5. The molecule has 0 saturated carbocycles. The van der Waals surface area contributed by atoms with Gasteiger partial charge in [-0.1, -0.05) is 36.4 Å². The number of thioether (sulfide) groups is 1. The second-order valence-electron chi connectivity index (χ2n) is 11.3. The number of nitrogens with one attached hydrogen (secondary N) is 3. The average molecular weight is 699 g/mol. The quantitative estimate of drug-likeness (QED) is 0.0865. The number of anilines is 2. The first-order chi connectivity index (χ1) is 24.8. The first-order valence-electron chi connectivity index (χ1n) is 15.9. The van der Waals surface area contributed by atoms with Crippen molar-refractivity contribution in [2.24, 2.45) is 0 Å². The summed E-state index contributed by atoms with van der Waals surface area (Å²) >= 11 is 1.34. The number of rotatable bonds is 12. The number of carbonyl (C=O) groups is 3. The van der Waals surface area contributed by atoms with E-state index in [4.69, 9.17) is 13.9 Å². The highest BCUT2D eigenvalue weighted by Crippen LogP contribution is 2.30. The van der Waals surface area contributed by atoms with E-state index in [1.807, 2.05) is 42.5 Å². The van der Waals surface area contributed by atoms with Crippen molar-refractivity contribution >= 4 is 58.0 Å². The average Bonchev–Trinajstić information content (AvgIpc) is 3.60. The summed E-state index contributed by atoms with van der Waals surface area (Å²) in [5.41, 5.74) is 4.35. The molecule has 6 aromatic rings. The molecule has 3 amide bonds. The fourth-order valence-corrected chi connectivity index (χ4v) is 6.00. The molecule has 0 bridgehead atoms. The molecular formula is C40H34N4O6S. The Balaban J connectivity index is 1.13. The van der Waals surface area contributed by atoms with Gasteiger partial charge in [0.25, 0.3) is 11.8 Å². The van der Waals surface area contributed by atoms with E-state index in [1.165, 1.54) is 18.9 Å². The lowest BCUT2D eigenvalue weighted by molar-refractivity contribution is -0.115. The number of ether oxygens (including phenoxy) is 2.